The molecule has 0 spiro atoms. The summed E-state index contributed by atoms with van der Waals surface area (Å²) in [6, 6.07) is 9.08. The van der Waals surface area contributed by atoms with Gasteiger partial charge in [0.2, 0.25) is 0 Å². The minimum atomic E-state index is 0.410. The molecule has 0 aliphatic rings. The van der Waals surface area contributed by atoms with E-state index in [0.717, 1.165) is 0 Å². The molecule has 0 N–H and O–H groups in total. The largest absolute Gasteiger partial charge is 0.275 e. The van der Waals surface area contributed by atoms with Crippen LogP contribution in [0.2, 0.25) is 0 Å². The van der Waals surface area contributed by atoms with Crippen LogP contribution in [0.3, 0.4) is 0 Å². The SMILES string of the molecule is O=C/N=N/c1ccccc1. The first-order valence-electron chi connectivity index (χ1n) is 2.83. The molecule has 1 amide bonds. The van der Waals surface area contributed by atoms with Crippen molar-refractivity contribution in [3.8, 4) is 0 Å². The molecule has 3 nitrogen and oxygen atoms in total. The van der Waals surface area contributed by atoms with Crippen molar-refractivity contribution >= 4 is 12.1 Å². The number of rotatable bonds is 2. The molecule has 3 heteroatoms. The molecule has 50 valence electrons. The highest BCUT2D eigenvalue weighted by molar-refractivity contribution is 5.47. The van der Waals surface area contributed by atoms with Gasteiger partial charge in [0.05, 0.1) is 5.69 Å². The maximum absolute atomic E-state index is 9.72. The molecule has 1 aromatic rings. The van der Waals surface area contributed by atoms with E-state index in [2.05, 4.69) is 10.2 Å². The van der Waals surface area contributed by atoms with Crippen LogP contribution >= 0.6 is 0 Å². The van der Waals surface area contributed by atoms with Crippen molar-refractivity contribution in [2.45, 2.75) is 0 Å². The van der Waals surface area contributed by atoms with E-state index < -0.39 is 0 Å². The zero-order valence-electron chi connectivity index (χ0n) is 5.27. The molecule has 0 bridgehead atoms. The van der Waals surface area contributed by atoms with Crippen molar-refractivity contribution in [3.05, 3.63) is 30.3 Å². The van der Waals surface area contributed by atoms with Gasteiger partial charge in [-0.05, 0) is 12.1 Å². The Labute approximate surface area is 58.4 Å². The van der Waals surface area contributed by atoms with Gasteiger partial charge in [0.15, 0.2) is 0 Å². The molecular formula is C7H6N2O. The van der Waals surface area contributed by atoms with Gasteiger partial charge in [-0.2, -0.15) is 0 Å². The summed E-state index contributed by atoms with van der Waals surface area (Å²) in [5.74, 6) is 0. The molecule has 0 unspecified atom stereocenters. The second-order valence-corrected chi connectivity index (χ2v) is 1.66. The van der Waals surface area contributed by atoms with Gasteiger partial charge >= 0.3 is 0 Å². The van der Waals surface area contributed by atoms with Gasteiger partial charge in [-0.15, -0.1) is 10.2 Å². The molecule has 1 rings (SSSR count). The van der Waals surface area contributed by atoms with Crippen LogP contribution in [0.1, 0.15) is 0 Å². The van der Waals surface area contributed by atoms with Crippen molar-refractivity contribution in [1.29, 1.82) is 0 Å². The van der Waals surface area contributed by atoms with Gasteiger partial charge in [0.25, 0.3) is 6.41 Å². The van der Waals surface area contributed by atoms with E-state index in [1.165, 1.54) is 0 Å². The predicted octanol–water partition coefficient (Wildman–Crippen LogP) is 1.93. The van der Waals surface area contributed by atoms with Gasteiger partial charge in [-0.1, -0.05) is 18.2 Å². The first-order valence-corrected chi connectivity index (χ1v) is 2.83. The van der Waals surface area contributed by atoms with Crippen LogP contribution in [-0.2, 0) is 4.79 Å². The standard InChI is InChI=1S/C7H6N2O/c10-6-8-9-7-4-2-1-3-5-7/h1-6H/b9-8+. The average Bonchev–Trinajstić information content (AvgIpc) is 2.03. The molecular weight excluding hydrogens is 128 g/mol. The van der Waals surface area contributed by atoms with Crippen molar-refractivity contribution < 1.29 is 4.79 Å². The Morgan fingerprint density at radius 2 is 1.90 bits per heavy atom. The third-order valence-corrected chi connectivity index (χ3v) is 0.977. The monoisotopic (exact) mass is 134 g/mol. The lowest BCUT2D eigenvalue weighted by molar-refractivity contribution is -0.107. The maximum atomic E-state index is 9.72. The maximum Gasteiger partial charge on any atom is 0.252 e. The van der Waals surface area contributed by atoms with Gasteiger partial charge in [-0.25, -0.2) is 0 Å². The number of carbonyl (C=O) groups excluding carboxylic acids is 1. The number of azo groups is 1. The summed E-state index contributed by atoms with van der Waals surface area (Å²) in [6.07, 6.45) is 0.410. The Bertz CT molecular complexity index is 231. The van der Waals surface area contributed by atoms with E-state index in [9.17, 15) is 4.79 Å². The molecule has 0 aliphatic carbocycles. The number of carbonyl (C=O) groups is 1. The van der Waals surface area contributed by atoms with Crippen molar-refractivity contribution in [3.63, 3.8) is 0 Å². The number of hydrogen-bond donors (Lipinski definition) is 0. The molecule has 10 heavy (non-hydrogen) atoms. The minimum Gasteiger partial charge on any atom is -0.275 e. The molecule has 1 aromatic carbocycles. The third kappa shape index (κ3) is 1.78. The molecule has 0 saturated heterocycles. The highest BCUT2D eigenvalue weighted by Gasteiger charge is 1.81. The summed E-state index contributed by atoms with van der Waals surface area (Å²) in [5, 5.41) is 6.77. The van der Waals surface area contributed by atoms with Gasteiger partial charge < -0.3 is 0 Å². The second-order valence-electron chi connectivity index (χ2n) is 1.66. The van der Waals surface area contributed by atoms with Crippen molar-refractivity contribution in [2.75, 3.05) is 0 Å². The lowest BCUT2D eigenvalue weighted by Gasteiger charge is -1.84. The third-order valence-electron chi connectivity index (χ3n) is 0.977. The van der Waals surface area contributed by atoms with Crippen LogP contribution in [-0.4, -0.2) is 6.41 Å². The fourth-order valence-corrected chi connectivity index (χ4v) is 0.585. The molecule has 0 atom stereocenters. The van der Waals surface area contributed by atoms with Crippen molar-refractivity contribution in [2.24, 2.45) is 10.2 Å². The van der Waals surface area contributed by atoms with E-state index in [4.69, 9.17) is 0 Å². The minimum absolute atomic E-state index is 0.410. The molecule has 0 heterocycles. The number of benzene rings is 1. The summed E-state index contributed by atoms with van der Waals surface area (Å²) in [5.41, 5.74) is 0.689. The smallest absolute Gasteiger partial charge is 0.252 e. The van der Waals surface area contributed by atoms with E-state index in [0.29, 0.717) is 12.1 Å². The zero-order chi connectivity index (χ0) is 7.23. The highest BCUT2D eigenvalue weighted by atomic mass is 16.1. The molecule has 0 aromatic heterocycles. The van der Waals surface area contributed by atoms with E-state index in [-0.39, 0.29) is 0 Å². The lowest BCUT2D eigenvalue weighted by Crippen LogP contribution is -1.61. The number of nitrogens with zero attached hydrogens (tertiary/aromatic N) is 2. The Balaban J connectivity index is 2.76. The topological polar surface area (TPSA) is 41.8 Å². The van der Waals surface area contributed by atoms with Crippen molar-refractivity contribution in [1.82, 2.24) is 0 Å². The van der Waals surface area contributed by atoms with Crippen LogP contribution in [0.25, 0.3) is 0 Å². The fraction of sp³-hybridized carbons (Fsp3) is 0. The molecule has 0 radical (unpaired) electrons. The van der Waals surface area contributed by atoms with E-state index >= 15 is 0 Å². The molecule has 0 aliphatic heterocycles. The summed E-state index contributed by atoms with van der Waals surface area (Å²) < 4.78 is 0. The Morgan fingerprint density at radius 3 is 2.50 bits per heavy atom. The second kappa shape index (κ2) is 3.50. The average molecular weight is 134 g/mol. The number of hydrogen-bond acceptors (Lipinski definition) is 2. The van der Waals surface area contributed by atoms with Crippen LogP contribution in [0.15, 0.2) is 40.6 Å². The van der Waals surface area contributed by atoms with E-state index in [1.54, 1.807) is 12.1 Å². The fourth-order valence-electron chi connectivity index (χ4n) is 0.585. The Kier molecular flexibility index (Phi) is 2.31. The first-order chi connectivity index (χ1) is 4.93. The normalized spacial score (nSPS) is 10.0. The predicted molar refractivity (Wildman–Crippen MR) is 37.0 cm³/mol. The van der Waals surface area contributed by atoms with Gasteiger partial charge in [0.1, 0.15) is 0 Å². The Morgan fingerprint density at radius 1 is 1.20 bits per heavy atom. The first kappa shape index (κ1) is 6.61. The van der Waals surface area contributed by atoms with Gasteiger partial charge in [-0.3, -0.25) is 4.79 Å². The quantitative estimate of drug-likeness (QED) is 0.450. The van der Waals surface area contributed by atoms with Crippen LogP contribution in [0.4, 0.5) is 5.69 Å². The number of amides is 1. The lowest BCUT2D eigenvalue weighted by atomic mass is 10.3. The summed E-state index contributed by atoms with van der Waals surface area (Å²) in [7, 11) is 0. The molecule has 0 saturated carbocycles. The zero-order valence-corrected chi connectivity index (χ0v) is 5.27. The summed E-state index contributed by atoms with van der Waals surface area (Å²) >= 11 is 0. The molecule has 0 fully saturated rings. The summed E-state index contributed by atoms with van der Waals surface area (Å²) in [6.45, 7) is 0. The van der Waals surface area contributed by atoms with Crippen LogP contribution in [0, 0.1) is 0 Å². The highest BCUT2D eigenvalue weighted by Crippen LogP contribution is 2.08. The van der Waals surface area contributed by atoms with E-state index in [1.807, 2.05) is 18.2 Å². The van der Waals surface area contributed by atoms with Gasteiger partial charge in [0, 0.05) is 0 Å². The van der Waals surface area contributed by atoms with Crippen LogP contribution in [0.5, 0.6) is 0 Å². The van der Waals surface area contributed by atoms with Crippen LogP contribution < -0.4 is 0 Å². The summed E-state index contributed by atoms with van der Waals surface area (Å²) in [4.78, 5) is 9.72. The Hall–Kier alpha value is -1.51.